The molecule has 6 heteroatoms. The molecule has 108 valence electrons. The quantitative estimate of drug-likeness (QED) is 0.834. The van der Waals surface area contributed by atoms with E-state index in [0.717, 1.165) is 30.7 Å². The minimum atomic E-state index is -0.00569. The number of thiophene rings is 1. The van der Waals surface area contributed by atoms with Gasteiger partial charge in [-0.3, -0.25) is 0 Å². The van der Waals surface area contributed by atoms with Crippen LogP contribution in [0.3, 0.4) is 0 Å². The normalized spacial score (nSPS) is 12.2. The van der Waals surface area contributed by atoms with Crippen LogP contribution in [-0.2, 0) is 0 Å². The molecule has 0 aliphatic rings. The maximum atomic E-state index is 6.14. The summed E-state index contributed by atoms with van der Waals surface area (Å²) < 4.78 is 12.4. The van der Waals surface area contributed by atoms with E-state index < -0.39 is 0 Å². The Morgan fingerprint density at radius 2 is 2.00 bits per heavy atom. The molecule has 0 spiro atoms. The smallest absolute Gasteiger partial charge is 0.124 e. The van der Waals surface area contributed by atoms with Crippen LogP contribution < -0.4 is 14.8 Å². The Hall–Kier alpha value is -0.750. The standard InChI is InChI=1S/C14H15BrClNO2S/c1-17-13(12-7-10(15)14(16)20-12)9-6-8(18-2)4-5-11(9)19-3/h4-7,13,17H,1-3H3. The monoisotopic (exact) mass is 375 g/mol. The molecule has 1 atom stereocenters. The fourth-order valence-electron chi connectivity index (χ4n) is 2.02. The minimum absolute atomic E-state index is 0.00569. The van der Waals surface area contributed by atoms with Crippen LogP contribution in [0.5, 0.6) is 11.5 Å². The Morgan fingerprint density at radius 3 is 2.50 bits per heavy atom. The maximum absolute atomic E-state index is 6.14. The number of ether oxygens (including phenoxy) is 2. The second-order valence-electron chi connectivity index (χ2n) is 4.10. The molecule has 0 aliphatic carbocycles. The number of rotatable bonds is 5. The first-order chi connectivity index (χ1) is 9.60. The molecule has 0 bridgehead atoms. The van der Waals surface area contributed by atoms with Gasteiger partial charge in [-0.15, -0.1) is 11.3 Å². The second kappa shape index (κ2) is 6.80. The molecular weight excluding hydrogens is 362 g/mol. The zero-order chi connectivity index (χ0) is 14.7. The summed E-state index contributed by atoms with van der Waals surface area (Å²) in [6.07, 6.45) is 0. The van der Waals surface area contributed by atoms with Gasteiger partial charge in [0, 0.05) is 14.9 Å². The van der Waals surface area contributed by atoms with Crippen LogP contribution in [-0.4, -0.2) is 21.3 Å². The second-order valence-corrected chi connectivity index (χ2v) is 6.64. The topological polar surface area (TPSA) is 30.5 Å². The van der Waals surface area contributed by atoms with E-state index in [2.05, 4.69) is 21.2 Å². The number of halogens is 2. The minimum Gasteiger partial charge on any atom is -0.497 e. The van der Waals surface area contributed by atoms with E-state index in [1.54, 1.807) is 14.2 Å². The van der Waals surface area contributed by atoms with Gasteiger partial charge in [0.1, 0.15) is 15.8 Å². The van der Waals surface area contributed by atoms with Gasteiger partial charge in [0.2, 0.25) is 0 Å². The lowest BCUT2D eigenvalue weighted by atomic mass is 10.0. The lowest BCUT2D eigenvalue weighted by molar-refractivity contribution is 0.395. The molecule has 0 saturated heterocycles. The molecule has 3 nitrogen and oxygen atoms in total. The van der Waals surface area contributed by atoms with E-state index in [4.69, 9.17) is 21.1 Å². The van der Waals surface area contributed by atoms with Gasteiger partial charge in [-0.05, 0) is 47.2 Å². The van der Waals surface area contributed by atoms with Gasteiger partial charge in [0.05, 0.1) is 20.3 Å². The van der Waals surface area contributed by atoms with Crippen molar-refractivity contribution in [2.24, 2.45) is 0 Å². The number of methoxy groups -OCH3 is 2. The first-order valence-electron chi connectivity index (χ1n) is 5.94. The Kier molecular flexibility index (Phi) is 5.32. The summed E-state index contributed by atoms with van der Waals surface area (Å²) in [5.74, 6) is 1.61. The van der Waals surface area contributed by atoms with Crippen molar-refractivity contribution in [1.29, 1.82) is 0 Å². The lowest BCUT2D eigenvalue weighted by Crippen LogP contribution is -2.17. The molecule has 0 fully saturated rings. The van der Waals surface area contributed by atoms with Gasteiger partial charge in [-0.1, -0.05) is 11.6 Å². The van der Waals surface area contributed by atoms with Crippen LogP contribution in [0.15, 0.2) is 28.7 Å². The zero-order valence-electron chi connectivity index (χ0n) is 11.4. The zero-order valence-corrected chi connectivity index (χ0v) is 14.5. The van der Waals surface area contributed by atoms with Gasteiger partial charge in [0.15, 0.2) is 0 Å². The molecule has 0 aliphatic heterocycles. The van der Waals surface area contributed by atoms with Crippen molar-refractivity contribution >= 4 is 38.9 Å². The Labute approximate surface area is 136 Å². The largest absolute Gasteiger partial charge is 0.497 e. The highest BCUT2D eigenvalue weighted by Crippen LogP contribution is 2.40. The highest BCUT2D eigenvalue weighted by atomic mass is 79.9. The average molecular weight is 377 g/mol. The van der Waals surface area contributed by atoms with Crippen molar-refractivity contribution in [1.82, 2.24) is 5.32 Å². The maximum Gasteiger partial charge on any atom is 0.124 e. The van der Waals surface area contributed by atoms with Gasteiger partial charge in [-0.25, -0.2) is 0 Å². The number of benzene rings is 1. The molecule has 0 radical (unpaired) electrons. The van der Waals surface area contributed by atoms with Gasteiger partial charge < -0.3 is 14.8 Å². The van der Waals surface area contributed by atoms with Crippen molar-refractivity contribution in [2.45, 2.75) is 6.04 Å². The van der Waals surface area contributed by atoms with Crippen molar-refractivity contribution in [3.63, 3.8) is 0 Å². The molecule has 0 amide bonds. The molecule has 2 rings (SSSR count). The number of hydrogen-bond acceptors (Lipinski definition) is 4. The average Bonchev–Trinajstić information content (AvgIpc) is 2.79. The van der Waals surface area contributed by atoms with Gasteiger partial charge in [0.25, 0.3) is 0 Å². The van der Waals surface area contributed by atoms with E-state index >= 15 is 0 Å². The van der Waals surface area contributed by atoms with Crippen LogP contribution in [0.2, 0.25) is 4.34 Å². The third-order valence-corrected chi connectivity index (χ3v) is 5.52. The molecule has 1 aromatic heterocycles. The van der Waals surface area contributed by atoms with Crippen LogP contribution in [0.1, 0.15) is 16.5 Å². The van der Waals surface area contributed by atoms with Crippen LogP contribution >= 0.6 is 38.9 Å². The predicted molar refractivity (Wildman–Crippen MR) is 87.5 cm³/mol. The summed E-state index contributed by atoms with van der Waals surface area (Å²) >= 11 is 11.1. The fourth-order valence-corrected chi connectivity index (χ4v) is 3.89. The SMILES string of the molecule is CNC(c1cc(Br)c(Cl)s1)c1cc(OC)ccc1OC. The molecule has 1 aromatic carbocycles. The Morgan fingerprint density at radius 1 is 1.25 bits per heavy atom. The first kappa shape index (κ1) is 15.6. The van der Waals surface area contributed by atoms with Crippen LogP contribution in [0, 0.1) is 0 Å². The summed E-state index contributed by atoms with van der Waals surface area (Å²) in [5, 5.41) is 3.30. The number of hydrogen-bond donors (Lipinski definition) is 1. The molecule has 2 aromatic rings. The highest BCUT2D eigenvalue weighted by molar-refractivity contribution is 9.10. The molecule has 20 heavy (non-hydrogen) atoms. The van der Waals surface area contributed by atoms with Crippen molar-refractivity contribution in [3.05, 3.63) is 43.5 Å². The number of nitrogens with one attached hydrogen (secondary N) is 1. The summed E-state index contributed by atoms with van der Waals surface area (Å²) in [6, 6.07) is 7.78. The summed E-state index contributed by atoms with van der Waals surface area (Å²) in [4.78, 5) is 1.11. The fraction of sp³-hybridized carbons (Fsp3) is 0.286. The molecule has 1 heterocycles. The highest BCUT2D eigenvalue weighted by Gasteiger charge is 2.20. The molecule has 1 unspecified atom stereocenters. The Balaban J connectivity index is 2.50. The van der Waals surface area contributed by atoms with E-state index in [0.29, 0.717) is 0 Å². The van der Waals surface area contributed by atoms with E-state index in [1.807, 2.05) is 31.3 Å². The van der Waals surface area contributed by atoms with E-state index in [9.17, 15) is 0 Å². The Bertz CT molecular complexity index is 583. The van der Waals surface area contributed by atoms with Crippen LogP contribution in [0.4, 0.5) is 0 Å². The summed E-state index contributed by atoms with van der Waals surface area (Å²) in [5.41, 5.74) is 1.01. The lowest BCUT2D eigenvalue weighted by Gasteiger charge is -2.19. The van der Waals surface area contributed by atoms with Crippen molar-refractivity contribution < 1.29 is 9.47 Å². The molecule has 0 saturated carbocycles. The van der Waals surface area contributed by atoms with E-state index in [-0.39, 0.29) is 6.04 Å². The van der Waals surface area contributed by atoms with Gasteiger partial charge in [-0.2, -0.15) is 0 Å². The van der Waals surface area contributed by atoms with Crippen LogP contribution in [0.25, 0.3) is 0 Å². The van der Waals surface area contributed by atoms with E-state index in [1.165, 1.54) is 11.3 Å². The first-order valence-corrected chi connectivity index (χ1v) is 7.93. The summed E-state index contributed by atoms with van der Waals surface area (Å²) in [6.45, 7) is 0. The van der Waals surface area contributed by atoms with Crippen molar-refractivity contribution in [3.8, 4) is 11.5 Å². The molecular formula is C14H15BrClNO2S. The third kappa shape index (κ3) is 3.11. The third-order valence-electron chi connectivity index (χ3n) is 2.99. The summed E-state index contributed by atoms with van der Waals surface area (Å²) in [7, 11) is 5.22. The van der Waals surface area contributed by atoms with Gasteiger partial charge >= 0.3 is 0 Å². The van der Waals surface area contributed by atoms with Crippen molar-refractivity contribution in [2.75, 3.05) is 21.3 Å². The predicted octanol–water partition coefficient (Wildman–Crippen LogP) is 4.49. The molecule has 1 N–H and O–H groups in total.